The van der Waals surface area contributed by atoms with E-state index in [1.165, 1.54) is 0 Å². The quantitative estimate of drug-likeness (QED) is 0.452. The number of benzene rings is 1. The second-order valence-corrected chi connectivity index (χ2v) is 5.29. The smallest absolute Gasteiger partial charge is 0.303 e. The fourth-order valence-corrected chi connectivity index (χ4v) is 2.64. The largest absolute Gasteiger partial charge is 0.481 e. The van der Waals surface area contributed by atoms with Crippen LogP contribution in [0.1, 0.15) is 25.7 Å². The number of carbonyl (C=O) groups is 1. The van der Waals surface area contributed by atoms with Gasteiger partial charge in [0.2, 0.25) is 0 Å². The molecule has 94 valence electrons. The summed E-state index contributed by atoms with van der Waals surface area (Å²) in [5.41, 5.74) is 6.39. The Morgan fingerprint density at radius 2 is 2.12 bits per heavy atom. The molecule has 1 rings (SSSR count). The number of nitrogen functional groups attached to an aromatic ring is 1. The van der Waals surface area contributed by atoms with Crippen molar-refractivity contribution in [1.29, 1.82) is 0 Å². The fourth-order valence-electron chi connectivity index (χ4n) is 1.37. The van der Waals surface area contributed by atoms with Crippen LogP contribution in [0.5, 0.6) is 0 Å². The Hall–Kier alpha value is -0.870. The first-order valence-electron chi connectivity index (χ1n) is 5.49. The Morgan fingerprint density at radius 1 is 1.35 bits per heavy atom. The van der Waals surface area contributed by atoms with E-state index in [0.29, 0.717) is 5.69 Å². The van der Waals surface area contributed by atoms with Crippen molar-refractivity contribution in [3.63, 3.8) is 0 Å². The van der Waals surface area contributed by atoms with Gasteiger partial charge in [0.05, 0.1) is 5.02 Å². The zero-order valence-electron chi connectivity index (χ0n) is 9.49. The van der Waals surface area contributed by atoms with Crippen molar-refractivity contribution < 1.29 is 9.90 Å². The second kappa shape index (κ2) is 7.45. The van der Waals surface area contributed by atoms with E-state index >= 15 is 0 Å². The Morgan fingerprint density at radius 3 is 2.82 bits per heavy atom. The highest BCUT2D eigenvalue weighted by molar-refractivity contribution is 7.99. The molecule has 0 heterocycles. The third-order valence-electron chi connectivity index (χ3n) is 2.25. The van der Waals surface area contributed by atoms with Gasteiger partial charge in [0, 0.05) is 17.0 Å². The van der Waals surface area contributed by atoms with Crippen LogP contribution in [-0.4, -0.2) is 16.8 Å². The molecule has 0 saturated carbocycles. The number of carboxylic acids is 1. The number of unbranched alkanes of at least 4 members (excludes halogenated alkanes) is 2. The van der Waals surface area contributed by atoms with Crippen molar-refractivity contribution in [1.82, 2.24) is 0 Å². The van der Waals surface area contributed by atoms with Crippen LogP contribution in [0.3, 0.4) is 0 Å². The summed E-state index contributed by atoms with van der Waals surface area (Å²) in [5, 5.41) is 9.20. The van der Waals surface area contributed by atoms with E-state index in [-0.39, 0.29) is 6.42 Å². The number of thioether (sulfide) groups is 1. The number of aliphatic carboxylic acids is 1. The summed E-state index contributed by atoms with van der Waals surface area (Å²) >= 11 is 7.68. The molecule has 0 aliphatic rings. The lowest BCUT2D eigenvalue weighted by Gasteiger charge is -2.05. The summed E-state index contributed by atoms with van der Waals surface area (Å²) < 4.78 is 0. The van der Waals surface area contributed by atoms with Gasteiger partial charge in [0.25, 0.3) is 0 Å². The molecule has 0 radical (unpaired) electrons. The van der Waals surface area contributed by atoms with Gasteiger partial charge in [-0.05, 0) is 36.8 Å². The van der Waals surface area contributed by atoms with Crippen LogP contribution in [0.2, 0.25) is 5.02 Å². The number of anilines is 1. The molecule has 0 bridgehead atoms. The van der Waals surface area contributed by atoms with Crippen molar-refractivity contribution in [2.24, 2.45) is 0 Å². The maximum atomic E-state index is 10.3. The lowest BCUT2D eigenvalue weighted by atomic mass is 10.2. The summed E-state index contributed by atoms with van der Waals surface area (Å²) in [6.45, 7) is 0. The minimum absolute atomic E-state index is 0.254. The zero-order valence-corrected chi connectivity index (χ0v) is 11.1. The lowest BCUT2D eigenvalue weighted by Crippen LogP contribution is -1.94. The molecule has 3 N–H and O–H groups in total. The van der Waals surface area contributed by atoms with Crippen molar-refractivity contribution in [2.45, 2.75) is 30.6 Å². The minimum atomic E-state index is -0.725. The summed E-state index contributed by atoms with van der Waals surface area (Å²) in [5.74, 6) is 0.208. The van der Waals surface area contributed by atoms with Gasteiger partial charge in [-0.3, -0.25) is 4.79 Å². The molecular formula is C12H16ClNO2S. The van der Waals surface area contributed by atoms with Crippen molar-refractivity contribution >= 4 is 35.0 Å². The Bertz CT molecular complexity index is 385. The number of halogens is 1. The minimum Gasteiger partial charge on any atom is -0.481 e. The molecule has 1 aromatic carbocycles. The standard InChI is InChI=1S/C12H16ClNO2S/c13-10-6-5-9(14)8-11(10)17-7-3-1-2-4-12(15)16/h5-6,8H,1-4,7,14H2,(H,15,16). The molecule has 0 unspecified atom stereocenters. The van der Waals surface area contributed by atoms with E-state index in [2.05, 4.69) is 0 Å². The predicted octanol–water partition coefficient (Wildman–Crippen LogP) is 3.66. The van der Waals surface area contributed by atoms with Crippen molar-refractivity contribution in [3.8, 4) is 0 Å². The monoisotopic (exact) mass is 273 g/mol. The van der Waals surface area contributed by atoms with Crippen LogP contribution in [0.4, 0.5) is 5.69 Å². The molecule has 0 amide bonds. The van der Waals surface area contributed by atoms with E-state index in [0.717, 1.165) is 34.9 Å². The summed E-state index contributed by atoms with van der Waals surface area (Å²) in [7, 11) is 0. The van der Waals surface area contributed by atoms with Crippen molar-refractivity contribution in [3.05, 3.63) is 23.2 Å². The second-order valence-electron chi connectivity index (χ2n) is 3.74. The number of rotatable bonds is 7. The predicted molar refractivity (Wildman–Crippen MR) is 72.7 cm³/mol. The maximum absolute atomic E-state index is 10.3. The first kappa shape index (κ1) is 14.2. The van der Waals surface area contributed by atoms with Gasteiger partial charge in [0.1, 0.15) is 0 Å². The summed E-state index contributed by atoms with van der Waals surface area (Å²) in [6, 6.07) is 5.44. The summed E-state index contributed by atoms with van der Waals surface area (Å²) in [6.07, 6.45) is 2.91. The van der Waals surface area contributed by atoms with E-state index in [9.17, 15) is 4.79 Å². The fraction of sp³-hybridized carbons (Fsp3) is 0.417. The Labute approximate surface area is 110 Å². The molecule has 17 heavy (non-hydrogen) atoms. The van der Waals surface area contributed by atoms with Gasteiger partial charge in [-0.15, -0.1) is 11.8 Å². The normalized spacial score (nSPS) is 10.4. The number of hydrogen-bond acceptors (Lipinski definition) is 3. The van der Waals surface area contributed by atoms with Gasteiger partial charge in [-0.2, -0.15) is 0 Å². The number of nitrogens with two attached hydrogens (primary N) is 1. The molecule has 0 saturated heterocycles. The van der Waals surface area contributed by atoms with Crippen LogP contribution in [0.25, 0.3) is 0 Å². The van der Waals surface area contributed by atoms with Gasteiger partial charge >= 0.3 is 5.97 Å². The third-order valence-corrected chi connectivity index (χ3v) is 3.83. The SMILES string of the molecule is Nc1ccc(Cl)c(SCCCCCC(=O)O)c1. The topological polar surface area (TPSA) is 63.3 Å². The first-order chi connectivity index (χ1) is 8.09. The van der Waals surface area contributed by atoms with Crippen LogP contribution >= 0.6 is 23.4 Å². The lowest BCUT2D eigenvalue weighted by molar-refractivity contribution is -0.137. The number of hydrogen-bond donors (Lipinski definition) is 2. The highest BCUT2D eigenvalue weighted by Crippen LogP contribution is 2.29. The van der Waals surface area contributed by atoms with Gasteiger partial charge in [-0.25, -0.2) is 0 Å². The van der Waals surface area contributed by atoms with Crippen LogP contribution in [-0.2, 0) is 4.79 Å². The Kier molecular flexibility index (Phi) is 6.22. The Balaban J connectivity index is 2.22. The number of carboxylic acid groups (broad SMARTS) is 1. The van der Waals surface area contributed by atoms with E-state index < -0.39 is 5.97 Å². The van der Waals surface area contributed by atoms with Crippen LogP contribution in [0, 0.1) is 0 Å². The zero-order chi connectivity index (χ0) is 12.7. The maximum Gasteiger partial charge on any atom is 0.303 e. The van der Waals surface area contributed by atoms with E-state index in [1.54, 1.807) is 23.9 Å². The van der Waals surface area contributed by atoms with Crippen LogP contribution in [0.15, 0.2) is 23.1 Å². The molecule has 0 spiro atoms. The molecular weight excluding hydrogens is 258 g/mol. The highest BCUT2D eigenvalue weighted by Gasteiger charge is 2.02. The summed E-state index contributed by atoms with van der Waals surface area (Å²) in [4.78, 5) is 11.3. The molecule has 3 nitrogen and oxygen atoms in total. The van der Waals surface area contributed by atoms with Gasteiger partial charge in [-0.1, -0.05) is 18.0 Å². The molecule has 0 aliphatic heterocycles. The van der Waals surface area contributed by atoms with E-state index in [4.69, 9.17) is 22.4 Å². The van der Waals surface area contributed by atoms with Crippen LogP contribution < -0.4 is 5.73 Å². The first-order valence-corrected chi connectivity index (χ1v) is 6.85. The average molecular weight is 274 g/mol. The van der Waals surface area contributed by atoms with Gasteiger partial charge in [0.15, 0.2) is 0 Å². The molecule has 0 fully saturated rings. The van der Waals surface area contributed by atoms with Gasteiger partial charge < -0.3 is 10.8 Å². The van der Waals surface area contributed by atoms with Crippen molar-refractivity contribution in [2.75, 3.05) is 11.5 Å². The highest BCUT2D eigenvalue weighted by atomic mass is 35.5. The molecule has 0 atom stereocenters. The molecule has 5 heteroatoms. The molecule has 0 aromatic heterocycles. The molecule has 0 aliphatic carbocycles. The average Bonchev–Trinajstić information content (AvgIpc) is 2.27. The third kappa shape index (κ3) is 5.84. The molecule has 1 aromatic rings. The van der Waals surface area contributed by atoms with E-state index in [1.807, 2.05) is 6.07 Å².